The highest BCUT2D eigenvalue weighted by Gasteiger charge is 2.17. The highest BCUT2D eigenvalue weighted by Crippen LogP contribution is 2.18. The lowest BCUT2D eigenvalue weighted by molar-refractivity contribution is 0.0743. The van der Waals surface area contributed by atoms with E-state index in [1.54, 1.807) is 0 Å². The number of carbonyl (C=O) groups excluding carboxylic acids is 1. The van der Waals surface area contributed by atoms with Crippen molar-refractivity contribution in [3.8, 4) is 11.8 Å². The quantitative estimate of drug-likeness (QED) is 0.801. The van der Waals surface area contributed by atoms with Gasteiger partial charge in [-0.15, -0.1) is 11.3 Å². The normalized spacial score (nSPS) is 16.2. The van der Waals surface area contributed by atoms with Crippen molar-refractivity contribution in [1.82, 2.24) is 4.90 Å². The van der Waals surface area contributed by atoms with Crippen molar-refractivity contribution in [3.63, 3.8) is 0 Å². The smallest absolute Gasteiger partial charge is 0.254 e. The topological polar surface area (TPSA) is 40.5 Å². The molecule has 0 aromatic carbocycles. The Hall–Kier alpha value is -1.31. The van der Waals surface area contributed by atoms with Gasteiger partial charge in [-0.2, -0.15) is 0 Å². The number of hydrogen-bond acceptors (Lipinski definition) is 3. The maximum Gasteiger partial charge on any atom is 0.254 e. The maximum absolute atomic E-state index is 12.4. The van der Waals surface area contributed by atoms with E-state index in [0.717, 1.165) is 36.4 Å². The monoisotopic (exact) mass is 277 g/mol. The third kappa shape index (κ3) is 4.09. The molecule has 1 saturated heterocycles. The Balaban J connectivity index is 2.03. The summed E-state index contributed by atoms with van der Waals surface area (Å²) in [5.41, 5.74) is 0.729. The molecule has 3 nitrogen and oxygen atoms in total. The first kappa shape index (κ1) is 14.1. The SMILES string of the molecule is O=C(c1csc(C#CCO)c1)N1CCCCCCC1. The molecule has 0 atom stereocenters. The summed E-state index contributed by atoms with van der Waals surface area (Å²) in [5.74, 6) is 5.57. The van der Waals surface area contributed by atoms with Crippen LogP contribution in [-0.2, 0) is 0 Å². The molecule has 2 heterocycles. The molecule has 0 saturated carbocycles. The minimum Gasteiger partial charge on any atom is -0.384 e. The third-order valence-electron chi connectivity index (χ3n) is 3.28. The minimum absolute atomic E-state index is 0.121. The second-order valence-corrected chi connectivity index (χ2v) is 5.63. The van der Waals surface area contributed by atoms with Gasteiger partial charge in [-0.3, -0.25) is 4.79 Å². The number of likely N-dealkylation sites (tertiary alicyclic amines) is 1. The summed E-state index contributed by atoms with van der Waals surface area (Å²) in [4.78, 5) is 15.2. The molecule has 102 valence electrons. The average molecular weight is 277 g/mol. The summed E-state index contributed by atoms with van der Waals surface area (Å²) in [7, 11) is 0. The predicted molar refractivity (Wildman–Crippen MR) is 77.3 cm³/mol. The fraction of sp³-hybridized carbons (Fsp3) is 0.533. The molecule has 1 N–H and O–H groups in total. The van der Waals surface area contributed by atoms with Crippen LogP contribution in [0.3, 0.4) is 0 Å². The Morgan fingerprint density at radius 1 is 1.26 bits per heavy atom. The minimum atomic E-state index is -0.146. The van der Waals surface area contributed by atoms with E-state index in [1.165, 1.54) is 30.6 Å². The second kappa shape index (κ2) is 7.32. The van der Waals surface area contributed by atoms with Gasteiger partial charge in [0.1, 0.15) is 6.61 Å². The van der Waals surface area contributed by atoms with E-state index in [9.17, 15) is 4.79 Å². The molecule has 0 radical (unpaired) electrons. The molecule has 4 heteroatoms. The van der Waals surface area contributed by atoms with Crippen molar-refractivity contribution in [3.05, 3.63) is 21.9 Å². The molecule has 1 amide bonds. The van der Waals surface area contributed by atoms with Crippen molar-refractivity contribution < 1.29 is 9.90 Å². The lowest BCUT2D eigenvalue weighted by Crippen LogP contribution is -2.33. The van der Waals surface area contributed by atoms with E-state index in [1.807, 2.05) is 16.3 Å². The Bertz CT molecular complexity index is 476. The summed E-state index contributed by atoms with van der Waals surface area (Å²) in [6, 6.07) is 1.83. The zero-order valence-corrected chi connectivity index (χ0v) is 11.8. The Morgan fingerprint density at radius 2 is 1.95 bits per heavy atom. The number of amides is 1. The molecule has 1 aliphatic heterocycles. The molecule has 1 aromatic rings. The highest BCUT2D eigenvalue weighted by molar-refractivity contribution is 7.10. The molecular weight excluding hydrogens is 258 g/mol. The molecule has 0 spiro atoms. The molecule has 0 bridgehead atoms. The maximum atomic E-state index is 12.4. The lowest BCUT2D eigenvalue weighted by atomic mass is 10.1. The van der Waals surface area contributed by atoms with E-state index in [0.29, 0.717) is 0 Å². The van der Waals surface area contributed by atoms with Crippen molar-refractivity contribution in [1.29, 1.82) is 0 Å². The van der Waals surface area contributed by atoms with Crippen molar-refractivity contribution in [2.24, 2.45) is 0 Å². The highest BCUT2D eigenvalue weighted by atomic mass is 32.1. The predicted octanol–water partition coefficient (Wildman–Crippen LogP) is 2.50. The summed E-state index contributed by atoms with van der Waals surface area (Å²) in [5, 5.41) is 10.5. The first-order valence-electron chi connectivity index (χ1n) is 6.79. The van der Waals surface area contributed by atoms with Gasteiger partial charge in [0.05, 0.1) is 10.4 Å². The molecular formula is C15H19NO2S. The van der Waals surface area contributed by atoms with Crippen LogP contribution in [0.1, 0.15) is 47.3 Å². The standard InChI is InChI=1S/C15H19NO2S/c17-10-6-7-14-11-13(12-19-14)15(18)16-8-4-2-1-3-5-9-16/h11-12,17H,1-5,8-10H2. The number of aliphatic hydroxyl groups is 1. The zero-order valence-electron chi connectivity index (χ0n) is 11.0. The molecule has 19 heavy (non-hydrogen) atoms. The molecule has 2 rings (SSSR count). The van der Waals surface area contributed by atoms with Gasteiger partial charge in [-0.25, -0.2) is 0 Å². The molecule has 1 aromatic heterocycles. The lowest BCUT2D eigenvalue weighted by Gasteiger charge is -2.24. The first-order chi connectivity index (χ1) is 9.31. The van der Waals surface area contributed by atoms with Gasteiger partial charge in [0.15, 0.2) is 0 Å². The van der Waals surface area contributed by atoms with Crippen molar-refractivity contribution in [2.75, 3.05) is 19.7 Å². The van der Waals surface area contributed by atoms with Crippen LogP contribution in [0.15, 0.2) is 11.4 Å². The van der Waals surface area contributed by atoms with Crippen molar-refractivity contribution >= 4 is 17.2 Å². The summed E-state index contributed by atoms with van der Waals surface area (Å²) in [6.07, 6.45) is 5.95. The summed E-state index contributed by atoms with van der Waals surface area (Å²) in [6.45, 7) is 1.59. The van der Waals surface area contributed by atoms with Crippen molar-refractivity contribution in [2.45, 2.75) is 32.1 Å². The number of thiophene rings is 1. The van der Waals surface area contributed by atoms with Gasteiger partial charge in [0, 0.05) is 18.5 Å². The van der Waals surface area contributed by atoms with Gasteiger partial charge in [0.25, 0.3) is 5.91 Å². The third-order valence-corrected chi connectivity index (χ3v) is 4.13. The first-order valence-corrected chi connectivity index (χ1v) is 7.67. The molecule has 0 aliphatic carbocycles. The Morgan fingerprint density at radius 3 is 2.63 bits per heavy atom. The summed E-state index contributed by atoms with van der Waals surface area (Å²) >= 11 is 1.46. The number of carbonyl (C=O) groups is 1. The Kier molecular flexibility index (Phi) is 5.44. The van der Waals surface area contributed by atoms with Gasteiger partial charge in [-0.1, -0.05) is 31.1 Å². The van der Waals surface area contributed by atoms with Crippen LogP contribution in [0.2, 0.25) is 0 Å². The van der Waals surface area contributed by atoms with E-state index in [2.05, 4.69) is 11.8 Å². The number of rotatable bonds is 1. The van der Waals surface area contributed by atoms with E-state index in [-0.39, 0.29) is 12.5 Å². The van der Waals surface area contributed by atoms with Crippen LogP contribution in [0.25, 0.3) is 0 Å². The average Bonchev–Trinajstić information content (AvgIpc) is 2.84. The zero-order chi connectivity index (χ0) is 13.5. The van der Waals surface area contributed by atoms with Gasteiger partial charge >= 0.3 is 0 Å². The Labute approximate surface area is 118 Å². The summed E-state index contributed by atoms with van der Waals surface area (Å²) < 4.78 is 0. The second-order valence-electron chi connectivity index (χ2n) is 4.72. The van der Waals surface area contributed by atoms with Crippen LogP contribution in [0, 0.1) is 11.8 Å². The van der Waals surface area contributed by atoms with Gasteiger partial charge < -0.3 is 10.0 Å². The largest absolute Gasteiger partial charge is 0.384 e. The van der Waals surface area contributed by atoms with Gasteiger partial charge in [-0.05, 0) is 18.9 Å². The van der Waals surface area contributed by atoms with Gasteiger partial charge in [0.2, 0.25) is 0 Å². The fourth-order valence-corrected chi connectivity index (χ4v) is 3.02. The van der Waals surface area contributed by atoms with Crippen LogP contribution < -0.4 is 0 Å². The fourth-order valence-electron chi connectivity index (χ4n) is 2.27. The molecule has 1 aliphatic rings. The number of nitrogens with zero attached hydrogens (tertiary/aromatic N) is 1. The van der Waals surface area contributed by atoms with E-state index in [4.69, 9.17) is 5.11 Å². The number of aliphatic hydroxyl groups excluding tert-OH is 1. The van der Waals surface area contributed by atoms with E-state index < -0.39 is 0 Å². The number of hydrogen-bond donors (Lipinski definition) is 1. The molecule has 0 unspecified atom stereocenters. The van der Waals surface area contributed by atoms with Crippen LogP contribution in [-0.4, -0.2) is 35.6 Å². The van der Waals surface area contributed by atoms with Crippen LogP contribution >= 0.6 is 11.3 Å². The van der Waals surface area contributed by atoms with E-state index >= 15 is 0 Å². The van der Waals surface area contributed by atoms with Crippen LogP contribution in [0.4, 0.5) is 0 Å². The van der Waals surface area contributed by atoms with Crippen LogP contribution in [0.5, 0.6) is 0 Å². The molecule has 1 fully saturated rings.